The van der Waals surface area contributed by atoms with E-state index in [-0.39, 0.29) is 5.91 Å². The van der Waals surface area contributed by atoms with E-state index in [1.807, 2.05) is 6.26 Å². The monoisotopic (exact) mass is 167 g/mol. The Morgan fingerprint density at radius 1 is 1.58 bits per heavy atom. The van der Waals surface area contributed by atoms with E-state index in [0.29, 0.717) is 12.3 Å². The van der Waals surface area contributed by atoms with Crippen molar-refractivity contribution in [2.24, 2.45) is 5.92 Å². The van der Waals surface area contributed by atoms with Crippen molar-refractivity contribution in [3.63, 3.8) is 0 Å². The third-order valence-electron chi connectivity index (χ3n) is 2.46. The highest BCUT2D eigenvalue weighted by Gasteiger charge is 2.25. The Labute approximate surface area is 71.8 Å². The third-order valence-corrected chi connectivity index (χ3v) is 2.46. The Morgan fingerprint density at radius 2 is 2.50 bits per heavy atom. The first-order chi connectivity index (χ1) is 5.86. The molecular weight excluding hydrogens is 154 g/mol. The molecule has 2 aliphatic heterocycles. The normalized spacial score (nSPS) is 29.2. The lowest BCUT2D eigenvalue weighted by Crippen LogP contribution is -2.15. The Hall–Kier alpha value is -0.990. The van der Waals surface area contributed by atoms with Crippen LogP contribution in [0.5, 0.6) is 0 Å². The van der Waals surface area contributed by atoms with Crippen LogP contribution in [0, 0.1) is 5.92 Å². The predicted octanol–water partition coefficient (Wildman–Crippen LogP) is 0.817. The molecule has 3 nitrogen and oxygen atoms in total. The molecule has 1 amide bonds. The van der Waals surface area contributed by atoms with Gasteiger partial charge in [-0.2, -0.15) is 0 Å². The van der Waals surface area contributed by atoms with Gasteiger partial charge in [-0.05, 0) is 18.4 Å². The summed E-state index contributed by atoms with van der Waals surface area (Å²) in [7, 11) is 0. The van der Waals surface area contributed by atoms with E-state index in [1.165, 1.54) is 5.57 Å². The number of hydrogen-bond acceptors (Lipinski definition) is 2. The molecule has 66 valence electrons. The van der Waals surface area contributed by atoms with Gasteiger partial charge in [-0.25, -0.2) is 0 Å². The van der Waals surface area contributed by atoms with Gasteiger partial charge in [0.2, 0.25) is 5.91 Å². The van der Waals surface area contributed by atoms with Crippen molar-refractivity contribution >= 4 is 5.91 Å². The quantitative estimate of drug-likeness (QED) is 0.627. The molecule has 1 saturated heterocycles. The molecule has 3 heteroatoms. The minimum Gasteiger partial charge on any atom is -0.501 e. The first-order valence-corrected chi connectivity index (χ1v) is 4.43. The summed E-state index contributed by atoms with van der Waals surface area (Å²) < 4.78 is 5.23. The van der Waals surface area contributed by atoms with Gasteiger partial charge in [0.15, 0.2) is 0 Å². The van der Waals surface area contributed by atoms with Crippen molar-refractivity contribution in [1.82, 2.24) is 5.32 Å². The number of carbonyl (C=O) groups excluding carboxylic acids is 1. The third kappa shape index (κ3) is 1.44. The summed E-state index contributed by atoms with van der Waals surface area (Å²) in [5.41, 5.74) is 1.31. The first kappa shape index (κ1) is 7.65. The van der Waals surface area contributed by atoms with Crippen molar-refractivity contribution < 1.29 is 9.53 Å². The van der Waals surface area contributed by atoms with Crippen LogP contribution in [0.1, 0.15) is 19.3 Å². The van der Waals surface area contributed by atoms with E-state index in [0.717, 1.165) is 26.0 Å². The van der Waals surface area contributed by atoms with Crippen LogP contribution in [0.3, 0.4) is 0 Å². The highest BCUT2D eigenvalue weighted by atomic mass is 16.5. The number of carbonyl (C=O) groups is 1. The second-order valence-corrected chi connectivity index (χ2v) is 3.37. The maximum atomic E-state index is 10.9. The van der Waals surface area contributed by atoms with Gasteiger partial charge in [0.05, 0.1) is 12.9 Å². The highest BCUT2D eigenvalue weighted by molar-refractivity contribution is 5.78. The van der Waals surface area contributed by atoms with Crippen LogP contribution in [0.15, 0.2) is 11.8 Å². The van der Waals surface area contributed by atoms with Gasteiger partial charge in [0, 0.05) is 18.9 Å². The maximum absolute atomic E-state index is 10.9. The fourth-order valence-corrected chi connectivity index (χ4v) is 1.75. The molecule has 0 aromatic carbocycles. The maximum Gasteiger partial charge on any atom is 0.220 e. The fraction of sp³-hybridized carbons (Fsp3) is 0.667. The summed E-state index contributed by atoms with van der Waals surface area (Å²) in [6.07, 6.45) is 4.68. The lowest BCUT2D eigenvalue weighted by molar-refractivity contribution is -0.119. The summed E-state index contributed by atoms with van der Waals surface area (Å²) in [5.74, 6) is 0.573. The molecule has 2 heterocycles. The van der Waals surface area contributed by atoms with Crippen LogP contribution < -0.4 is 5.32 Å². The Kier molecular flexibility index (Phi) is 2.02. The molecule has 0 aliphatic carbocycles. The zero-order valence-corrected chi connectivity index (χ0v) is 7.01. The molecule has 0 aromatic heterocycles. The van der Waals surface area contributed by atoms with Crippen LogP contribution >= 0.6 is 0 Å². The standard InChI is InChI=1S/C9H13NO2/c11-9-4-8(5-10-9)7-2-1-3-12-6-7/h6,8H,1-5H2,(H,10,11). The van der Waals surface area contributed by atoms with Crippen LogP contribution in [-0.2, 0) is 9.53 Å². The molecule has 1 fully saturated rings. The zero-order valence-electron chi connectivity index (χ0n) is 7.01. The molecule has 0 spiro atoms. The van der Waals surface area contributed by atoms with Gasteiger partial charge in [0.25, 0.3) is 0 Å². The largest absolute Gasteiger partial charge is 0.501 e. The number of ether oxygens (including phenoxy) is 1. The van der Waals surface area contributed by atoms with Crippen LogP contribution in [0.4, 0.5) is 0 Å². The molecule has 1 N–H and O–H groups in total. The first-order valence-electron chi connectivity index (χ1n) is 4.43. The predicted molar refractivity (Wildman–Crippen MR) is 44.4 cm³/mol. The van der Waals surface area contributed by atoms with Gasteiger partial charge < -0.3 is 10.1 Å². The van der Waals surface area contributed by atoms with Crippen LogP contribution in [0.2, 0.25) is 0 Å². The van der Waals surface area contributed by atoms with Crippen molar-refractivity contribution in [3.05, 3.63) is 11.8 Å². The van der Waals surface area contributed by atoms with E-state index < -0.39 is 0 Å². The van der Waals surface area contributed by atoms with Crippen LogP contribution in [-0.4, -0.2) is 19.1 Å². The minimum absolute atomic E-state index is 0.173. The van der Waals surface area contributed by atoms with Crippen molar-refractivity contribution in [3.8, 4) is 0 Å². The van der Waals surface area contributed by atoms with Crippen molar-refractivity contribution in [2.45, 2.75) is 19.3 Å². The lowest BCUT2D eigenvalue weighted by Gasteiger charge is -2.17. The molecule has 12 heavy (non-hydrogen) atoms. The summed E-state index contributed by atoms with van der Waals surface area (Å²) >= 11 is 0. The summed E-state index contributed by atoms with van der Waals surface area (Å²) in [6, 6.07) is 0. The average molecular weight is 167 g/mol. The zero-order chi connectivity index (χ0) is 8.39. The van der Waals surface area contributed by atoms with Crippen LogP contribution in [0.25, 0.3) is 0 Å². The molecule has 0 aromatic rings. The van der Waals surface area contributed by atoms with Gasteiger partial charge in [0.1, 0.15) is 0 Å². The van der Waals surface area contributed by atoms with Gasteiger partial charge in [-0.15, -0.1) is 0 Å². The number of nitrogens with one attached hydrogen (secondary N) is 1. The molecule has 0 radical (unpaired) electrons. The molecule has 1 atom stereocenters. The smallest absolute Gasteiger partial charge is 0.220 e. The molecule has 0 bridgehead atoms. The topological polar surface area (TPSA) is 38.3 Å². The average Bonchev–Trinajstić information content (AvgIpc) is 2.54. The number of rotatable bonds is 1. The van der Waals surface area contributed by atoms with E-state index in [1.54, 1.807) is 0 Å². The molecular formula is C9H13NO2. The lowest BCUT2D eigenvalue weighted by atomic mass is 9.94. The Bertz CT molecular complexity index is 223. The molecule has 2 aliphatic rings. The molecule has 1 unspecified atom stereocenters. The molecule has 0 saturated carbocycles. The number of amides is 1. The summed E-state index contributed by atoms with van der Waals surface area (Å²) in [5, 5.41) is 2.83. The van der Waals surface area contributed by atoms with Gasteiger partial charge in [-0.3, -0.25) is 4.79 Å². The van der Waals surface area contributed by atoms with E-state index in [9.17, 15) is 4.79 Å². The summed E-state index contributed by atoms with van der Waals surface area (Å²) in [6.45, 7) is 1.63. The summed E-state index contributed by atoms with van der Waals surface area (Å²) in [4.78, 5) is 10.9. The van der Waals surface area contributed by atoms with E-state index in [2.05, 4.69) is 5.32 Å². The SMILES string of the molecule is O=C1CC(C2=COCCC2)CN1. The van der Waals surface area contributed by atoms with Gasteiger partial charge in [-0.1, -0.05) is 0 Å². The molecule has 2 rings (SSSR count). The highest BCUT2D eigenvalue weighted by Crippen LogP contribution is 2.25. The fourth-order valence-electron chi connectivity index (χ4n) is 1.75. The minimum atomic E-state index is 0.173. The van der Waals surface area contributed by atoms with Crippen molar-refractivity contribution in [2.75, 3.05) is 13.2 Å². The Morgan fingerprint density at radius 3 is 3.08 bits per heavy atom. The van der Waals surface area contributed by atoms with E-state index in [4.69, 9.17) is 4.74 Å². The Balaban J connectivity index is 1.99. The number of hydrogen-bond donors (Lipinski definition) is 1. The van der Waals surface area contributed by atoms with Crippen molar-refractivity contribution in [1.29, 1.82) is 0 Å². The second kappa shape index (κ2) is 3.17. The van der Waals surface area contributed by atoms with E-state index >= 15 is 0 Å². The second-order valence-electron chi connectivity index (χ2n) is 3.37. The van der Waals surface area contributed by atoms with Gasteiger partial charge >= 0.3 is 0 Å².